The van der Waals surface area contributed by atoms with E-state index in [1.54, 1.807) is 55.5 Å². The first-order valence-electron chi connectivity index (χ1n) is 11.0. The number of nitrogens with zero attached hydrogens (tertiary/aromatic N) is 1. The number of urea groups is 1. The highest BCUT2D eigenvalue weighted by molar-refractivity contribution is 6.35. The summed E-state index contributed by atoms with van der Waals surface area (Å²) in [5.74, 6) is 0.410. The van der Waals surface area contributed by atoms with Crippen LogP contribution in [0.5, 0.6) is 5.75 Å². The van der Waals surface area contributed by atoms with Crippen LogP contribution in [0.1, 0.15) is 24.2 Å². The summed E-state index contributed by atoms with van der Waals surface area (Å²) in [5, 5.41) is 9.70. The number of rotatable bonds is 3. The minimum absolute atomic E-state index is 0.0487. The van der Waals surface area contributed by atoms with Gasteiger partial charge in [-0.3, -0.25) is 4.79 Å². The van der Waals surface area contributed by atoms with E-state index < -0.39 is 6.03 Å². The average molecular weight is 509 g/mol. The van der Waals surface area contributed by atoms with E-state index in [4.69, 9.17) is 32.7 Å². The van der Waals surface area contributed by atoms with Crippen molar-refractivity contribution in [2.75, 3.05) is 44.5 Å². The molecule has 1 aliphatic rings. The minimum Gasteiger partial charge on any atom is -0.491 e. The van der Waals surface area contributed by atoms with Gasteiger partial charge < -0.3 is 30.3 Å². The lowest BCUT2D eigenvalue weighted by Gasteiger charge is -2.30. The molecule has 0 aromatic heterocycles. The van der Waals surface area contributed by atoms with Crippen LogP contribution in [0.2, 0.25) is 10.0 Å². The van der Waals surface area contributed by atoms with Gasteiger partial charge in [0.1, 0.15) is 12.4 Å². The predicted molar refractivity (Wildman–Crippen MR) is 135 cm³/mol. The molecule has 0 radical (unpaired) electrons. The third-order valence-electron chi connectivity index (χ3n) is 5.61. The Morgan fingerprint density at radius 2 is 1.79 bits per heavy atom. The molecule has 8 nitrogen and oxygen atoms in total. The number of amides is 3. The van der Waals surface area contributed by atoms with E-state index in [1.165, 1.54) is 0 Å². The molecule has 184 valence electrons. The molecule has 3 N–H and O–H groups in total. The number of methoxy groups -OCH3 is 1. The lowest BCUT2D eigenvalue weighted by molar-refractivity contribution is 0.0281. The first-order chi connectivity index (χ1) is 16.2. The van der Waals surface area contributed by atoms with Crippen molar-refractivity contribution in [2.45, 2.75) is 26.0 Å². The Morgan fingerprint density at radius 1 is 1.12 bits per heavy atom. The third-order valence-corrected chi connectivity index (χ3v) is 6.04. The van der Waals surface area contributed by atoms with Crippen LogP contribution in [-0.2, 0) is 4.74 Å². The van der Waals surface area contributed by atoms with Crippen molar-refractivity contribution >= 4 is 46.5 Å². The van der Waals surface area contributed by atoms with Gasteiger partial charge in [-0.05, 0) is 43.2 Å². The molecule has 34 heavy (non-hydrogen) atoms. The second kappa shape index (κ2) is 11.8. The zero-order valence-electron chi connectivity index (χ0n) is 19.7. The van der Waals surface area contributed by atoms with E-state index in [9.17, 15) is 9.59 Å². The summed E-state index contributed by atoms with van der Waals surface area (Å²) in [6, 6.07) is 9.26. The Balaban J connectivity index is 1.81. The average Bonchev–Trinajstić information content (AvgIpc) is 2.77. The van der Waals surface area contributed by atoms with E-state index in [0.29, 0.717) is 45.9 Å². The lowest BCUT2D eigenvalue weighted by atomic mass is 10.0. The van der Waals surface area contributed by atoms with Gasteiger partial charge >= 0.3 is 6.03 Å². The Hall–Kier alpha value is -2.52. The fraction of sp³-hybridized carbons (Fsp3) is 0.417. The molecule has 3 amide bonds. The minimum atomic E-state index is -0.484. The van der Waals surface area contributed by atoms with Gasteiger partial charge in [-0.2, -0.15) is 0 Å². The van der Waals surface area contributed by atoms with Crippen molar-refractivity contribution in [1.29, 1.82) is 0 Å². The summed E-state index contributed by atoms with van der Waals surface area (Å²) in [5.41, 5.74) is 1.33. The number of carbonyl (C=O) groups is 2. The van der Waals surface area contributed by atoms with Gasteiger partial charge in [0, 0.05) is 60.8 Å². The lowest BCUT2D eigenvalue weighted by Crippen LogP contribution is -2.44. The van der Waals surface area contributed by atoms with Crippen LogP contribution in [-0.4, -0.2) is 62.8 Å². The fourth-order valence-electron chi connectivity index (χ4n) is 3.65. The molecule has 0 fully saturated rings. The largest absolute Gasteiger partial charge is 0.491 e. The van der Waals surface area contributed by atoms with Gasteiger partial charge in [-0.15, -0.1) is 0 Å². The summed E-state index contributed by atoms with van der Waals surface area (Å²) >= 11 is 12.0. The van der Waals surface area contributed by atoms with Gasteiger partial charge in [0.2, 0.25) is 0 Å². The zero-order chi connectivity index (χ0) is 24.8. The molecule has 0 aliphatic carbocycles. The Morgan fingerprint density at radius 3 is 2.47 bits per heavy atom. The van der Waals surface area contributed by atoms with Gasteiger partial charge in [0.25, 0.3) is 5.91 Å². The van der Waals surface area contributed by atoms with Crippen LogP contribution in [0.25, 0.3) is 0 Å². The van der Waals surface area contributed by atoms with Crippen LogP contribution in [0.15, 0.2) is 36.4 Å². The van der Waals surface area contributed by atoms with E-state index in [1.807, 2.05) is 6.92 Å². The first kappa shape index (κ1) is 26.1. The van der Waals surface area contributed by atoms with E-state index in [0.717, 1.165) is 6.54 Å². The smallest absolute Gasteiger partial charge is 0.323 e. The van der Waals surface area contributed by atoms with Crippen molar-refractivity contribution < 1.29 is 19.1 Å². The van der Waals surface area contributed by atoms with Gasteiger partial charge in [0.05, 0.1) is 11.7 Å². The van der Waals surface area contributed by atoms with E-state index in [2.05, 4.69) is 22.9 Å². The highest BCUT2D eigenvalue weighted by Crippen LogP contribution is 2.27. The maximum atomic E-state index is 13.2. The maximum absolute atomic E-state index is 13.2. The number of carbonyl (C=O) groups excluding carboxylic acids is 2. The second-order valence-electron chi connectivity index (χ2n) is 8.51. The first-order valence-corrected chi connectivity index (χ1v) is 11.7. The number of hydrogen-bond acceptors (Lipinski definition) is 5. The van der Waals surface area contributed by atoms with Crippen molar-refractivity contribution in [2.24, 2.45) is 5.92 Å². The van der Waals surface area contributed by atoms with Gasteiger partial charge in [0.15, 0.2) is 0 Å². The molecule has 0 unspecified atom stereocenters. The highest BCUT2D eigenvalue weighted by atomic mass is 35.5. The summed E-state index contributed by atoms with van der Waals surface area (Å²) in [6.45, 7) is 5.63. The molecule has 2 aromatic carbocycles. The number of anilines is 2. The number of likely N-dealkylation sites (N-methyl/N-ethyl adjacent to an activating group) is 1. The molecular formula is C24H30Cl2N4O4. The quantitative estimate of drug-likeness (QED) is 0.557. The van der Waals surface area contributed by atoms with Crippen LogP contribution in [0, 0.1) is 5.92 Å². The standard InChI is InChI=1S/C24H30Cl2N4O4/c1-14-11-27-15(2)13-34-21-10-18(5-6-20(21)23(31)30(3)12-22(14)33-4)28-24(32)29-19-8-16(25)7-17(26)9-19/h5-10,14-15,22,27H,11-13H2,1-4H3,(H2,28,29,32)/t14-,15+,22+/m1/s1. The van der Waals surface area contributed by atoms with Crippen LogP contribution < -0.4 is 20.7 Å². The van der Waals surface area contributed by atoms with Crippen molar-refractivity contribution in [3.05, 3.63) is 52.0 Å². The number of halogens is 2. The summed E-state index contributed by atoms with van der Waals surface area (Å²) in [7, 11) is 3.40. The summed E-state index contributed by atoms with van der Waals surface area (Å²) in [4.78, 5) is 27.3. The molecule has 0 saturated heterocycles. The number of hydrogen-bond donors (Lipinski definition) is 3. The topological polar surface area (TPSA) is 91.9 Å². The number of fused-ring (bicyclic) bond motifs is 1. The van der Waals surface area contributed by atoms with Crippen molar-refractivity contribution in [3.8, 4) is 5.75 Å². The molecule has 0 spiro atoms. The SMILES string of the molecule is CO[C@H]1CN(C)C(=O)c2ccc(NC(=O)Nc3cc(Cl)cc(Cl)c3)cc2OC[C@H](C)NC[C@H]1C. The molecule has 3 atom stereocenters. The number of ether oxygens (including phenoxy) is 2. The van der Waals surface area contributed by atoms with Crippen molar-refractivity contribution in [3.63, 3.8) is 0 Å². The van der Waals surface area contributed by atoms with Crippen molar-refractivity contribution in [1.82, 2.24) is 10.2 Å². The molecule has 1 heterocycles. The normalized spacial score (nSPS) is 21.5. The summed E-state index contributed by atoms with van der Waals surface area (Å²) in [6.07, 6.45) is -0.109. The highest BCUT2D eigenvalue weighted by Gasteiger charge is 2.25. The molecule has 3 rings (SSSR count). The van der Waals surface area contributed by atoms with E-state index >= 15 is 0 Å². The van der Waals surface area contributed by atoms with E-state index in [-0.39, 0.29) is 24.0 Å². The third kappa shape index (κ3) is 6.99. The monoisotopic (exact) mass is 508 g/mol. The molecule has 2 aromatic rings. The predicted octanol–water partition coefficient (Wildman–Crippen LogP) is 4.73. The molecule has 0 saturated carbocycles. The van der Waals surface area contributed by atoms with Gasteiger partial charge in [-0.25, -0.2) is 4.79 Å². The number of benzene rings is 2. The van der Waals surface area contributed by atoms with Crippen LogP contribution in [0.4, 0.5) is 16.2 Å². The second-order valence-corrected chi connectivity index (χ2v) is 9.38. The van der Waals surface area contributed by atoms with Gasteiger partial charge in [-0.1, -0.05) is 30.1 Å². The number of nitrogens with one attached hydrogen (secondary N) is 3. The molecular weight excluding hydrogens is 479 g/mol. The Bertz CT molecular complexity index is 1020. The molecule has 10 heteroatoms. The zero-order valence-corrected chi connectivity index (χ0v) is 21.2. The Labute approximate surface area is 209 Å². The summed E-state index contributed by atoms with van der Waals surface area (Å²) < 4.78 is 11.6. The maximum Gasteiger partial charge on any atom is 0.323 e. The fourth-order valence-corrected chi connectivity index (χ4v) is 4.18. The molecule has 1 aliphatic heterocycles. The Kier molecular flexibility index (Phi) is 9.02. The van der Waals surface area contributed by atoms with Crippen LogP contribution >= 0.6 is 23.2 Å². The van der Waals surface area contributed by atoms with Crippen LogP contribution in [0.3, 0.4) is 0 Å². The molecule has 0 bridgehead atoms.